The lowest BCUT2D eigenvalue weighted by Gasteiger charge is -2.27. The third-order valence-corrected chi connectivity index (χ3v) is 9.84. The minimum Gasteiger partial charge on any atom is -0.468 e. The molecular weight excluding hydrogens is 664 g/mol. The Morgan fingerprint density at radius 1 is 0.783 bits per heavy atom. The summed E-state index contributed by atoms with van der Waals surface area (Å²) in [5, 5.41) is 2.93. The number of hydrogen-bond donors (Lipinski definition) is 3. The monoisotopic (exact) mass is 704 g/mol. The summed E-state index contributed by atoms with van der Waals surface area (Å²) in [6.45, 7) is 5.56. The highest BCUT2D eigenvalue weighted by Gasteiger charge is 2.43. The van der Waals surface area contributed by atoms with Crippen LogP contribution in [-0.2, 0) is 43.8 Å². The lowest BCUT2D eigenvalue weighted by Crippen LogP contribution is -2.44. The molecule has 2 aromatic carbocycles. The highest BCUT2D eigenvalue weighted by atomic mass is 35.5. The Kier molecular flexibility index (Phi) is 14.0. The van der Waals surface area contributed by atoms with Crippen molar-refractivity contribution in [3.05, 3.63) is 60.7 Å². The molecule has 2 saturated heterocycles. The summed E-state index contributed by atoms with van der Waals surface area (Å²) < 4.78 is 68.9. The van der Waals surface area contributed by atoms with Crippen molar-refractivity contribution >= 4 is 50.5 Å². The second kappa shape index (κ2) is 16.5. The minimum atomic E-state index is -3.76. The van der Waals surface area contributed by atoms with Crippen LogP contribution in [-0.4, -0.2) is 96.8 Å². The van der Waals surface area contributed by atoms with Gasteiger partial charge in [0.2, 0.25) is 20.0 Å². The van der Waals surface area contributed by atoms with Crippen LogP contribution in [0.3, 0.4) is 0 Å². The zero-order valence-electron chi connectivity index (χ0n) is 26.2. The summed E-state index contributed by atoms with van der Waals surface area (Å²) in [5.41, 5.74) is -0.737. The Bertz CT molecular complexity index is 1540. The molecule has 1 amide bonds. The number of sulfonamides is 2. The first kappa shape index (κ1) is 38.9. The third-order valence-electron chi connectivity index (χ3n) is 6.77. The molecule has 0 bridgehead atoms. The highest BCUT2D eigenvalue weighted by molar-refractivity contribution is 7.89. The molecular formula is C29H41ClN4O10S2. The van der Waals surface area contributed by atoms with Crippen LogP contribution in [0, 0.1) is 0 Å². The predicted molar refractivity (Wildman–Crippen MR) is 170 cm³/mol. The zero-order chi connectivity index (χ0) is 33.4. The number of carbonyl (C=O) groups is 3. The molecule has 2 aromatic rings. The van der Waals surface area contributed by atoms with Gasteiger partial charge in [-0.2, -0.15) is 0 Å². The maximum absolute atomic E-state index is 12.5. The van der Waals surface area contributed by atoms with Crippen molar-refractivity contribution in [1.29, 1.82) is 0 Å². The third kappa shape index (κ3) is 10.9. The van der Waals surface area contributed by atoms with Gasteiger partial charge in [-0.1, -0.05) is 36.4 Å². The van der Waals surface area contributed by atoms with Crippen molar-refractivity contribution in [2.45, 2.75) is 73.2 Å². The lowest BCUT2D eigenvalue weighted by atomic mass is 10.2. The first-order chi connectivity index (χ1) is 21.1. The summed E-state index contributed by atoms with van der Waals surface area (Å²) in [4.78, 5) is 37.3. The number of amides is 1. The van der Waals surface area contributed by atoms with Gasteiger partial charge in [-0.05, 0) is 57.9 Å². The smallest absolute Gasteiger partial charge is 0.411 e. The van der Waals surface area contributed by atoms with Crippen LogP contribution in [0.2, 0.25) is 0 Å². The average Bonchev–Trinajstić information content (AvgIpc) is 3.63. The number of halogens is 1. The van der Waals surface area contributed by atoms with Crippen LogP contribution in [0.4, 0.5) is 4.79 Å². The summed E-state index contributed by atoms with van der Waals surface area (Å²) in [5.74, 6) is -0.987. The number of esters is 2. The molecule has 46 heavy (non-hydrogen) atoms. The number of methoxy groups -OCH3 is 2. The van der Waals surface area contributed by atoms with Gasteiger partial charge < -0.3 is 19.5 Å². The molecule has 2 fully saturated rings. The molecule has 0 aliphatic carbocycles. The van der Waals surface area contributed by atoms with E-state index >= 15 is 0 Å². The maximum atomic E-state index is 12.5. The molecule has 2 aliphatic rings. The Balaban J connectivity index is 0.000000328. The summed E-state index contributed by atoms with van der Waals surface area (Å²) in [7, 11) is -4.78. The Morgan fingerprint density at radius 3 is 1.72 bits per heavy atom. The van der Waals surface area contributed by atoms with E-state index < -0.39 is 55.8 Å². The topological polar surface area (TPSA) is 187 Å². The van der Waals surface area contributed by atoms with E-state index in [1.54, 1.807) is 57.2 Å². The molecule has 2 aliphatic heterocycles. The molecule has 0 aromatic heterocycles. The molecule has 17 heteroatoms. The first-order valence-electron chi connectivity index (χ1n) is 14.1. The van der Waals surface area contributed by atoms with E-state index in [1.807, 2.05) is 0 Å². The van der Waals surface area contributed by atoms with Crippen molar-refractivity contribution in [1.82, 2.24) is 19.7 Å². The van der Waals surface area contributed by atoms with E-state index in [1.165, 1.54) is 43.4 Å². The predicted octanol–water partition coefficient (Wildman–Crippen LogP) is 1.81. The van der Waals surface area contributed by atoms with Gasteiger partial charge >= 0.3 is 18.0 Å². The van der Waals surface area contributed by atoms with Crippen LogP contribution in [0.15, 0.2) is 70.5 Å². The van der Waals surface area contributed by atoms with Gasteiger partial charge in [0.25, 0.3) is 0 Å². The van der Waals surface area contributed by atoms with Crippen LogP contribution < -0.4 is 14.8 Å². The molecule has 0 unspecified atom stereocenters. The fraction of sp³-hybridized carbons (Fsp3) is 0.483. The Hall–Kier alpha value is -3.28. The fourth-order valence-corrected chi connectivity index (χ4v) is 7.26. The number of nitrogens with one attached hydrogen (secondary N) is 3. The molecule has 4 atom stereocenters. The van der Waals surface area contributed by atoms with Gasteiger partial charge in [0.05, 0.1) is 24.0 Å². The zero-order valence-corrected chi connectivity index (χ0v) is 28.6. The van der Waals surface area contributed by atoms with Crippen molar-refractivity contribution in [3.8, 4) is 0 Å². The maximum Gasteiger partial charge on any atom is 0.411 e. The van der Waals surface area contributed by atoms with Crippen molar-refractivity contribution in [2.24, 2.45) is 0 Å². The van der Waals surface area contributed by atoms with E-state index in [4.69, 9.17) is 9.47 Å². The van der Waals surface area contributed by atoms with Gasteiger partial charge in [0.1, 0.15) is 17.7 Å². The summed E-state index contributed by atoms with van der Waals surface area (Å²) in [6, 6.07) is 13.7. The molecule has 0 spiro atoms. The van der Waals surface area contributed by atoms with E-state index in [9.17, 15) is 31.2 Å². The standard InChI is InChI=1S/C17H24N2O6S.C12H16N2O4S.ClH/c1-17(2,3)25-16(21)19-11-12(10-14(19)15(20)24-4)18-26(22,23)13-8-6-5-7-9-13;1-18-12(15)11-7-9(8-13-11)14-19(16,17)10-5-3-2-4-6-10;/h5-9,12,14,18H,10-11H2,1-4H3;2-6,9,11,13-14H,7-8H2,1H3;1H/t12-,14+;9-,11+;/m11./s1. The Labute approximate surface area is 276 Å². The van der Waals surface area contributed by atoms with E-state index in [2.05, 4.69) is 19.5 Å². The van der Waals surface area contributed by atoms with Crippen molar-refractivity contribution in [2.75, 3.05) is 27.3 Å². The van der Waals surface area contributed by atoms with Gasteiger partial charge in [-0.3, -0.25) is 9.69 Å². The van der Waals surface area contributed by atoms with Crippen LogP contribution in [0.5, 0.6) is 0 Å². The van der Waals surface area contributed by atoms with E-state index in [0.29, 0.717) is 13.0 Å². The molecule has 0 radical (unpaired) electrons. The van der Waals surface area contributed by atoms with E-state index in [0.717, 1.165) is 0 Å². The average molecular weight is 705 g/mol. The SMILES string of the molecule is COC(=O)[C@@H]1C[C@@H](NS(=O)(=O)c2ccccc2)CN1.COC(=O)[C@@H]1C[C@@H](NS(=O)(=O)c2ccccc2)CN1C(=O)OC(C)(C)C.Cl. The highest BCUT2D eigenvalue weighted by Crippen LogP contribution is 2.24. The second-order valence-electron chi connectivity index (χ2n) is 11.4. The minimum absolute atomic E-state index is 0. The molecule has 0 saturated carbocycles. The Morgan fingerprint density at radius 2 is 1.26 bits per heavy atom. The van der Waals surface area contributed by atoms with E-state index in [-0.39, 0.29) is 47.2 Å². The number of carbonyl (C=O) groups excluding carboxylic acids is 3. The van der Waals surface area contributed by atoms with Gasteiger partial charge in [-0.25, -0.2) is 35.9 Å². The van der Waals surface area contributed by atoms with Gasteiger partial charge in [0.15, 0.2) is 0 Å². The number of rotatable bonds is 8. The fourth-order valence-electron chi connectivity index (χ4n) is 4.72. The van der Waals surface area contributed by atoms with Crippen LogP contribution in [0.1, 0.15) is 33.6 Å². The number of hydrogen-bond acceptors (Lipinski definition) is 11. The lowest BCUT2D eigenvalue weighted by molar-refractivity contribution is -0.145. The second-order valence-corrected chi connectivity index (χ2v) is 14.8. The summed E-state index contributed by atoms with van der Waals surface area (Å²) >= 11 is 0. The molecule has 256 valence electrons. The molecule has 2 heterocycles. The number of nitrogens with zero attached hydrogens (tertiary/aromatic N) is 1. The molecule has 4 rings (SSSR count). The summed E-state index contributed by atoms with van der Waals surface area (Å²) in [6.07, 6.45) is -0.189. The van der Waals surface area contributed by atoms with Crippen molar-refractivity contribution < 1.29 is 45.4 Å². The quantitative estimate of drug-likeness (QED) is 0.269. The first-order valence-corrected chi connectivity index (χ1v) is 17.1. The molecule has 14 nitrogen and oxygen atoms in total. The normalized spacial score (nSPS) is 21.3. The van der Waals surface area contributed by atoms with Crippen LogP contribution in [0.25, 0.3) is 0 Å². The van der Waals surface area contributed by atoms with Gasteiger partial charge in [0, 0.05) is 25.2 Å². The largest absolute Gasteiger partial charge is 0.468 e. The van der Waals surface area contributed by atoms with Gasteiger partial charge in [-0.15, -0.1) is 12.4 Å². The van der Waals surface area contributed by atoms with Crippen LogP contribution >= 0.6 is 12.4 Å². The number of benzene rings is 2. The number of ether oxygens (including phenoxy) is 3. The number of likely N-dealkylation sites (tertiary alicyclic amines) is 1. The van der Waals surface area contributed by atoms with Crippen molar-refractivity contribution in [3.63, 3.8) is 0 Å². The molecule has 3 N–H and O–H groups in total.